The molecule has 1 aromatic rings. The molecule has 110 valence electrons. The summed E-state index contributed by atoms with van der Waals surface area (Å²) in [6, 6.07) is 7.46. The van der Waals surface area contributed by atoms with Gasteiger partial charge in [-0.05, 0) is 37.5 Å². The van der Waals surface area contributed by atoms with Crippen molar-refractivity contribution < 1.29 is 9.90 Å². The standard InChI is InChI=1S/C15H22N2O2S/c1-12(2-3-13-4-6-14(18)7-5-13)16-15(19)17-8-10-20-11-9-17/h4-7,12,18H,2-3,8-11H2,1H3,(H,16,19). The fraction of sp³-hybridized carbons (Fsp3) is 0.533. The number of hydrogen-bond donors (Lipinski definition) is 2. The maximum Gasteiger partial charge on any atom is 0.317 e. The van der Waals surface area contributed by atoms with Crippen LogP contribution in [0.2, 0.25) is 0 Å². The molecular formula is C15H22N2O2S. The van der Waals surface area contributed by atoms with Crippen molar-refractivity contribution in [1.82, 2.24) is 10.2 Å². The average Bonchev–Trinajstić information content (AvgIpc) is 2.47. The lowest BCUT2D eigenvalue weighted by atomic mass is 10.1. The summed E-state index contributed by atoms with van der Waals surface area (Å²) in [6.45, 7) is 3.74. The Morgan fingerprint density at radius 3 is 2.65 bits per heavy atom. The van der Waals surface area contributed by atoms with E-state index in [1.807, 2.05) is 35.7 Å². The van der Waals surface area contributed by atoms with E-state index in [1.54, 1.807) is 12.1 Å². The van der Waals surface area contributed by atoms with E-state index in [4.69, 9.17) is 0 Å². The second-order valence-electron chi connectivity index (χ2n) is 5.16. The second-order valence-corrected chi connectivity index (χ2v) is 6.38. The minimum atomic E-state index is 0.0588. The Balaban J connectivity index is 1.73. The summed E-state index contributed by atoms with van der Waals surface area (Å²) in [7, 11) is 0. The largest absolute Gasteiger partial charge is 0.508 e. The lowest BCUT2D eigenvalue weighted by Crippen LogP contribution is -2.47. The molecule has 5 heteroatoms. The van der Waals surface area contributed by atoms with Gasteiger partial charge in [0.1, 0.15) is 5.75 Å². The average molecular weight is 294 g/mol. The maximum atomic E-state index is 12.0. The van der Waals surface area contributed by atoms with Gasteiger partial charge in [-0.25, -0.2) is 4.79 Å². The van der Waals surface area contributed by atoms with E-state index in [-0.39, 0.29) is 17.8 Å². The van der Waals surface area contributed by atoms with E-state index in [9.17, 15) is 9.90 Å². The zero-order valence-corrected chi connectivity index (χ0v) is 12.7. The number of phenolic OH excluding ortho intramolecular Hbond substituents is 1. The van der Waals surface area contributed by atoms with Crippen molar-refractivity contribution in [3.05, 3.63) is 29.8 Å². The van der Waals surface area contributed by atoms with Crippen LogP contribution in [0.3, 0.4) is 0 Å². The molecule has 0 spiro atoms. The molecule has 1 aliphatic rings. The van der Waals surface area contributed by atoms with Crippen molar-refractivity contribution in [1.29, 1.82) is 0 Å². The molecule has 0 saturated carbocycles. The number of rotatable bonds is 4. The summed E-state index contributed by atoms with van der Waals surface area (Å²) >= 11 is 1.90. The van der Waals surface area contributed by atoms with Crippen molar-refractivity contribution in [3.8, 4) is 5.75 Å². The number of thioether (sulfide) groups is 1. The molecule has 1 unspecified atom stereocenters. The van der Waals surface area contributed by atoms with Gasteiger partial charge in [-0.2, -0.15) is 11.8 Å². The first kappa shape index (κ1) is 15.0. The highest BCUT2D eigenvalue weighted by Crippen LogP contribution is 2.12. The molecular weight excluding hydrogens is 272 g/mol. The maximum absolute atomic E-state index is 12.0. The van der Waals surface area contributed by atoms with Crippen LogP contribution in [-0.2, 0) is 6.42 Å². The minimum Gasteiger partial charge on any atom is -0.508 e. The topological polar surface area (TPSA) is 52.6 Å². The van der Waals surface area contributed by atoms with Crippen LogP contribution in [0.1, 0.15) is 18.9 Å². The highest BCUT2D eigenvalue weighted by molar-refractivity contribution is 7.99. The number of benzene rings is 1. The lowest BCUT2D eigenvalue weighted by molar-refractivity contribution is 0.199. The molecule has 2 N–H and O–H groups in total. The fourth-order valence-corrected chi connectivity index (χ4v) is 3.09. The SMILES string of the molecule is CC(CCc1ccc(O)cc1)NC(=O)N1CCSCC1. The van der Waals surface area contributed by atoms with Crippen LogP contribution in [-0.4, -0.2) is 46.7 Å². The van der Waals surface area contributed by atoms with E-state index in [0.29, 0.717) is 0 Å². The van der Waals surface area contributed by atoms with Crippen LogP contribution >= 0.6 is 11.8 Å². The summed E-state index contributed by atoms with van der Waals surface area (Å²) < 4.78 is 0. The Labute approximate surface area is 124 Å². The molecule has 0 radical (unpaired) electrons. The van der Waals surface area contributed by atoms with Crippen LogP contribution in [0, 0.1) is 0 Å². The molecule has 0 aromatic heterocycles. The number of phenols is 1. The number of nitrogens with zero attached hydrogens (tertiary/aromatic N) is 1. The third-order valence-corrected chi connectivity index (χ3v) is 4.41. The molecule has 0 aliphatic carbocycles. The smallest absolute Gasteiger partial charge is 0.317 e. The summed E-state index contributed by atoms with van der Waals surface area (Å²) in [5.41, 5.74) is 1.18. The van der Waals surface area contributed by atoms with E-state index in [2.05, 4.69) is 5.32 Å². The van der Waals surface area contributed by atoms with E-state index in [0.717, 1.165) is 37.4 Å². The predicted molar refractivity (Wildman–Crippen MR) is 83.3 cm³/mol. The Hall–Kier alpha value is -1.36. The number of aromatic hydroxyl groups is 1. The molecule has 2 amide bonds. The van der Waals surface area contributed by atoms with Gasteiger partial charge in [-0.15, -0.1) is 0 Å². The fourth-order valence-electron chi connectivity index (χ4n) is 2.19. The number of carbonyl (C=O) groups is 1. The summed E-state index contributed by atoms with van der Waals surface area (Å²) in [4.78, 5) is 13.9. The van der Waals surface area contributed by atoms with Crippen LogP contribution in [0.4, 0.5) is 4.79 Å². The zero-order chi connectivity index (χ0) is 14.4. The van der Waals surface area contributed by atoms with Gasteiger partial charge in [-0.1, -0.05) is 12.1 Å². The Bertz CT molecular complexity index is 430. The van der Waals surface area contributed by atoms with Crippen molar-refractivity contribution in [2.45, 2.75) is 25.8 Å². The number of urea groups is 1. The molecule has 1 heterocycles. The van der Waals surface area contributed by atoms with Crippen molar-refractivity contribution >= 4 is 17.8 Å². The number of hydrogen-bond acceptors (Lipinski definition) is 3. The van der Waals surface area contributed by atoms with Crippen LogP contribution in [0.25, 0.3) is 0 Å². The third kappa shape index (κ3) is 4.63. The first-order valence-corrected chi connectivity index (χ1v) is 8.22. The van der Waals surface area contributed by atoms with E-state index in [1.165, 1.54) is 5.56 Å². The van der Waals surface area contributed by atoms with Crippen LogP contribution in [0.15, 0.2) is 24.3 Å². The first-order valence-electron chi connectivity index (χ1n) is 7.06. The molecule has 1 aromatic carbocycles. The predicted octanol–water partition coefficient (Wildman–Crippen LogP) is 2.47. The van der Waals surface area contributed by atoms with Gasteiger partial charge in [0.2, 0.25) is 0 Å². The molecule has 0 bridgehead atoms. The summed E-state index contributed by atoms with van der Waals surface area (Å²) in [6.07, 6.45) is 1.80. The van der Waals surface area contributed by atoms with Gasteiger partial charge in [0.15, 0.2) is 0 Å². The van der Waals surface area contributed by atoms with Crippen molar-refractivity contribution in [2.75, 3.05) is 24.6 Å². The normalized spacial score (nSPS) is 16.8. The molecule has 1 saturated heterocycles. The molecule has 20 heavy (non-hydrogen) atoms. The Morgan fingerprint density at radius 2 is 2.00 bits per heavy atom. The van der Waals surface area contributed by atoms with Gasteiger partial charge >= 0.3 is 6.03 Å². The quantitative estimate of drug-likeness (QED) is 0.897. The first-order chi connectivity index (χ1) is 9.65. The van der Waals surface area contributed by atoms with Gasteiger partial charge in [-0.3, -0.25) is 0 Å². The van der Waals surface area contributed by atoms with Crippen LogP contribution in [0.5, 0.6) is 5.75 Å². The van der Waals surface area contributed by atoms with Gasteiger partial charge in [0, 0.05) is 30.6 Å². The summed E-state index contributed by atoms with van der Waals surface area (Å²) in [5.74, 6) is 2.36. The monoisotopic (exact) mass is 294 g/mol. The molecule has 1 fully saturated rings. The van der Waals surface area contributed by atoms with Gasteiger partial charge in [0.25, 0.3) is 0 Å². The minimum absolute atomic E-state index is 0.0588. The lowest BCUT2D eigenvalue weighted by Gasteiger charge is -2.28. The second kappa shape index (κ2) is 7.43. The Morgan fingerprint density at radius 1 is 1.35 bits per heavy atom. The third-order valence-electron chi connectivity index (χ3n) is 3.47. The molecule has 1 atom stereocenters. The van der Waals surface area contributed by atoms with Crippen molar-refractivity contribution in [2.24, 2.45) is 0 Å². The van der Waals surface area contributed by atoms with E-state index >= 15 is 0 Å². The number of amides is 2. The van der Waals surface area contributed by atoms with Gasteiger partial charge < -0.3 is 15.3 Å². The summed E-state index contributed by atoms with van der Waals surface area (Å²) in [5, 5.41) is 12.3. The Kier molecular flexibility index (Phi) is 5.59. The molecule has 1 aliphatic heterocycles. The van der Waals surface area contributed by atoms with Gasteiger partial charge in [0.05, 0.1) is 0 Å². The highest BCUT2D eigenvalue weighted by atomic mass is 32.2. The van der Waals surface area contributed by atoms with E-state index < -0.39 is 0 Å². The van der Waals surface area contributed by atoms with Crippen molar-refractivity contribution in [3.63, 3.8) is 0 Å². The highest BCUT2D eigenvalue weighted by Gasteiger charge is 2.17. The molecule has 4 nitrogen and oxygen atoms in total. The number of aryl methyl sites for hydroxylation is 1. The number of carbonyl (C=O) groups excluding carboxylic acids is 1. The number of nitrogens with one attached hydrogen (secondary N) is 1. The zero-order valence-electron chi connectivity index (χ0n) is 11.8. The van der Waals surface area contributed by atoms with Crippen LogP contribution < -0.4 is 5.32 Å². The molecule has 2 rings (SSSR count).